The number of fused-ring (bicyclic) bond motifs is 1. The molecule has 1 heterocycles. The molecule has 1 aromatic carbocycles. The van der Waals surface area contributed by atoms with E-state index in [2.05, 4.69) is 10.6 Å². The average Bonchev–Trinajstić information content (AvgIpc) is 2.50. The minimum Gasteiger partial charge on any atom is -0.480 e. The van der Waals surface area contributed by atoms with Crippen molar-refractivity contribution >= 4 is 29.3 Å². The van der Waals surface area contributed by atoms with Crippen LogP contribution in [0.15, 0.2) is 24.3 Å². The second-order valence-corrected chi connectivity index (χ2v) is 5.30. The highest BCUT2D eigenvalue weighted by atomic mass is 16.4. The molecule has 2 rings (SSSR count). The lowest BCUT2D eigenvalue weighted by atomic mass is 9.99. The van der Waals surface area contributed by atoms with E-state index in [0.717, 1.165) is 0 Å². The number of para-hydroxylation sites is 2. The van der Waals surface area contributed by atoms with Gasteiger partial charge >= 0.3 is 12.0 Å². The zero-order valence-electron chi connectivity index (χ0n) is 12.5. The van der Waals surface area contributed by atoms with Crippen molar-refractivity contribution in [2.24, 2.45) is 5.92 Å². The van der Waals surface area contributed by atoms with Gasteiger partial charge in [0, 0.05) is 0 Å². The maximum Gasteiger partial charge on any atom is 0.326 e. The second kappa shape index (κ2) is 6.46. The Hall–Kier alpha value is -2.57. The molecule has 3 N–H and O–H groups in total. The molecule has 22 heavy (non-hydrogen) atoms. The van der Waals surface area contributed by atoms with E-state index < -0.39 is 18.0 Å². The van der Waals surface area contributed by atoms with Gasteiger partial charge in [0.15, 0.2) is 0 Å². The third-order valence-electron chi connectivity index (χ3n) is 3.77. The van der Waals surface area contributed by atoms with Gasteiger partial charge in [0.1, 0.15) is 12.6 Å². The predicted molar refractivity (Wildman–Crippen MR) is 81.8 cm³/mol. The van der Waals surface area contributed by atoms with Gasteiger partial charge in [-0.05, 0) is 18.1 Å². The zero-order chi connectivity index (χ0) is 16.3. The number of hydrogen-bond donors (Lipinski definition) is 3. The highest BCUT2D eigenvalue weighted by Gasteiger charge is 2.31. The van der Waals surface area contributed by atoms with Crippen LogP contribution < -0.4 is 15.5 Å². The van der Waals surface area contributed by atoms with Crippen LogP contribution in [-0.4, -0.2) is 35.6 Å². The molecule has 0 bridgehead atoms. The molecule has 0 unspecified atom stereocenters. The molecule has 0 saturated carbocycles. The summed E-state index contributed by atoms with van der Waals surface area (Å²) in [6, 6.07) is 5.31. The monoisotopic (exact) mass is 305 g/mol. The number of hydrogen-bond acceptors (Lipinski definition) is 3. The Morgan fingerprint density at radius 3 is 2.73 bits per heavy atom. The molecule has 1 aliphatic rings. The molecule has 3 amide bonds. The number of rotatable bonds is 4. The predicted octanol–water partition coefficient (Wildman–Crippen LogP) is 1.65. The van der Waals surface area contributed by atoms with Gasteiger partial charge in [0.2, 0.25) is 5.91 Å². The fourth-order valence-corrected chi connectivity index (χ4v) is 2.31. The van der Waals surface area contributed by atoms with Crippen LogP contribution in [0.2, 0.25) is 0 Å². The van der Waals surface area contributed by atoms with Crippen LogP contribution in [0.4, 0.5) is 16.2 Å². The molecule has 0 radical (unpaired) electrons. The summed E-state index contributed by atoms with van der Waals surface area (Å²) in [5.74, 6) is -1.61. The summed E-state index contributed by atoms with van der Waals surface area (Å²) in [6.07, 6.45) is 0.619. The molecular weight excluding hydrogens is 286 g/mol. The normalized spacial score (nSPS) is 16.3. The van der Waals surface area contributed by atoms with Crippen molar-refractivity contribution in [3.05, 3.63) is 24.3 Å². The molecule has 0 fully saturated rings. The van der Waals surface area contributed by atoms with Crippen LogP contribution >= 0.6 is 0 Å². The lowest BCUT2D eigenvalue weighted by molar-refractivity contribution is -0.140. The van der Waals surface area contributed by atoms with Crippen molar-refractivity contribution in [2.45, 2.75) is 26.3 Å². The first-order valence-corrected chi connectivity index (χ1v) is 7.13. The Morgan fingerprint density at radius 2 is 2.09 bits per heavy atom. The van der Waals surface area contributed by atoms with Crippen molar-refractivity contribution in [1.82, 2.24) is 5.32 Å². The van der Waals surface area contributed by atoms with Crippen LogP contribution in [0.3, 0.4) is 0 Å². The molecule has 2 atom stereocenters. The van der Waals surface area contributed by atoms with Gasteiger partial charge in [-0.3, -0.25) is 9.69 Å². The lowest BCUT2D eigenvalue weighted by Gasteiger charge is -2.31. The molecule has 7 nitrogen and oxygen atoms in total. The first kappa shape index (κ1) is 15.8. The Kier molecular flexibility index (Phi) is 4.65. The lowest BCUT2D eigenvalue weighted by Crippen LogP contribution is -2.53. The van der Waals surface area contributed by atoms with E-state index in [1.54, 1.807) is 31.2 Å². The molecule has 118 valence electrons. The SMILES string of the molecule is CC[C@@H](C)[C@H](NC(=O)N1CC(=O)Nc2ccccc21)C(=O)O. The second-order valence-electron chi connectivity index (χ2n) is 5.30. The first-order chi connectivity index (χ1) is 10.4. The molecule has 1 aromatic rings. The fourth-order valence-electron chi connectivity index (χ4n) is 2.31. The van der Waals surface area contributed by atoms with Crippen molar-refractivity contribution in [3.63, 3.8) is 0 Å². The topological polar surface area (TPSA) is 98.7 Å². The number of nitrogens with one attached hydrogen (secondary N) is 2. The number of carbonyl (C=O) groups is 3. The maximum absolute atomic E-state index is 12.4. The molecule has 7 heteroatoms. The number of urea groups is 1. The molecule has 1 aliphatic heterocycles. The largest absolute Gasteiger partial charge is 0.480 e. The van der Waals surface area contributed by atoms with Gasteiger partial charge in [0.05, 0.1) is 11.4 Å². The highest BCUT2D eigenvalue weighted by Crippen LogP contribution is 2.28. The van der Waals surface area contributed by atoms with Crippen LogP contribution in [0.1, 0.15) is 20.3 Å². The van der Waals surface area contributed by atoms with E-state index in [-0.39, 0.29) is 18.4 Å². The molecule has 0 aromatic heterocycles. The number of nitrogens with zero attached hydrogens (tertiary/aromatic N) is 1. The van der Waals surface area contributed by atoms with Crippen LogP contribution in [0.25, 0.3) is 0 Å². The average molecular weight is 305 g/mol. The van der Waals surface area contributed by atoms with Gasteiger partial charge in [-0.15, -0.1) is 0 Å². The molecule has 0 spiro atoms. The standard InChI is InChI=1S/C15H19N3O4/c1-3-9(2)13(14(20)21)17-15(22)18-8-12(19)16-10-6-4-5-7-11(10)18/h4-7,9,13H,3,8H2,1-2H3,(H,16,19)(H,17,22)(H,20,21)/t9-,13+/m1/s1. The van der Waals surface area contributed by atoms with Crippen molar-refractivity contribution < 1.29 is 19.5 Å². The smallest absolute Gasteiger partial charge is 0.326 e. The van der Waals surface area contributed by atoms with E-state index in [0.29, 0.717) is 17.8 Å². The minimum atomic E-state index is -1.09. The van der Waals surface area contributed by atoms with E-state index in [4.69, 9.17) is 0 Å². The number of carboxylic acids is 1. The van der Waals surface area contributed by atoms with Gasteiger partial charge in [0.25, 0.3) is 0 Å². The van der Waals surface area contributed by atoms with Gasteiger partial charge in [-0.2, -0.15) is 0 Å². The van der Waals surface area contributed by atoms with Crippen molar-refractivity contribution in [3.8, 4) is 0 Å². The van der Waals surface area contributed by atoms with Gasteiger partial charge < -0.3 is 15.7 Å². The summed E-state index contributed by atoms with van der Waals surface area (Å²) in [4.78, 5) is 36.7. The van der Waals surface area contributed by atoms with E-state index in [1.165, 1.54) is 4.90 Å². The summed E-state index contributed by atoms with van der Waals surface area (Å²) < 4.78 is 0. The summed E-state index contributed by atoms with van der Waals surface area (Å²) >= 11 is 0. The Labute approximate surface area is 128 Å². The van der Waals surface area contributed by atoms with Crippen LogP contribution in [0.5, 0.6) is 0 Å². The summed E-state index contributed by atoms with van der Waals surface area (Å²) in [5, 5.41) is 14.4. The number of carbonyl (C=O) groups excluding carboxylic acids is 2. The van der Waals surface area contributed by atoms with E-state index in [9.17, 15) is 19.5 Å². The molecular formula is C15H19N3O4. The van der Waals surface area contributed by atoms with Gasteiger partial charge in [-0.25, -0.2) is 9.59 Å². The first-order valence-electron chi connectivity index (χ1n) is 7.13. The minimum absolute atomic E-state index is 0.143. The molecule has 0 aliphatic carbocycles. The third-order valence-corrected chi connectivity index (χ3v) is 3.77. The Balaban J connectivity index is 2.22. The van der Waals surface area contributed by atoms with Crippen molar-refractivity contribution in [2.75, 3.05) is 16.8 Å². The van der Waals surface area contributed by atoms with Crippen molar-refractivity contribution in [1.29, 1.82) is 0 Å². The Morgan fingerprint density at radius 1 is 1.41 bits per heavy atom. The zero-order valence-corrected chi connectivity index (χ0v) is 12.5. The Bertz CT molecular complexity index is 602. The van der Waals surface area contributed by atoms with Crippen LogP contribution in [0, 0.1) is 5.92 Å². The highest BCUT2D eigenvalue weighted by molar-refractivity contribution is 6.09. The summed E-state index contributed by atoms with van der Waals surface area (Å²) in [7, 11) is 0. The number of aliphatic carboxylic acids is 1. The number of amides is 3. The van der Waals surface area contributed by atoms with Gasteiger partial charge in [-0.1, -0.05) is 32.4 Å². The molecule has 0 saturated heterocycles. The van der Waals surface area contributed by atoms with E-state index in [1.807, 2.05) is 6.92 Å². The number of benzene rings is 1. The number of carboxylic acid groups (broad SMARTS) is 1. The third kappa shape index (κ3) is 3.19. The summed E-state index contributed by atoms with van der Waals surface area (Å²) in [5.41, 5.74) is 1.08. The summed E-state index contributed by atoms with van der Waals surface area (Å²) in [6.45, 7) is 3.47. The quantitative estimate of drug-likeness (QED) is 0.787. The maximum atomic E-state index is 12.4. The van der Waals surface area contributed by atoms with Crippen LogP contribution in [-0.2, 0) is 9.59 Å². The number of anilines is 2. The van der Waals surface area contributed by atoms with E-state index >= 15 is 0 Å². The fraction of sp³-hybridized carbons (Fsp3) is 0.400.